The van der Waals surface area contributed by atoms with Crippen molar-refractivity contribution in [2.75, 3.05) is 6.61 Å². The van der Waals surface area contributed by atoms with Gasteiger partial charge in [0.05, 0.1) is 23.1 Å². The summed E-state index contributed by atoms with van der Waals surface area (Å²) >= 11 is 6.29. The van der Waals surface area contributed by atoms with Gasteiger partial charge in [0.15, 0.2) is 0 Å². The first-order valence-corrected chi connectivity index (χ1v) is 9.22. The van der Waals surface area contributed by atoms with Crippen LogP contribution in [0.3, 0.4) is 0 Å². The second kappa shape index (κ2) is 7.72. The molecule has 1 heterocycles. The zero-order chi connectivity index (χ0) is 20.5. The van der Waals surface area contributed by atoms with Crippen molar-refractivity contribution < 1.29 is 28.9 Å². The molecule has 0 radical (unpaired) electrons. The van der Waals surface area contributed by atoms with Gasteiger partial charge in [0.1, 0.15) is 22.8 Å². The van der Waals surface area contributed by atoms with E-state index in [0.717, 1.165) is 0 Å². The smallest absolute Gasteiger partial charge is 0.338 e. The predicted molar refractivity (Wildman–Crippen MR) is 104 cm³/mol. The number of halogens is 1. The van der Waals surface area contributed by atoms with Crippen LogP contribution in [0.2, 0.25) is 5.02 Å². The molecule has 2 aromatic rings. The van der Waals surface area contributed by atoms with Gasteiger partial charge >= 0.3 is 11.9 Å². The van der Waals surface area contributed by atoms with Crippen LogP contribution in [0.15, 0.2) is 36.4 Å². The van der Waals surface area contributed by atoms with Gasteiger partial charge < -0.3 is 19.3 Å². The van der Waals surface area contributed by atoms with E-state index in [1.54, 1.807) is 57.2 Å². The van der Waals surface area contributed by atoms with Gasteiger partial charge in [-0.2, -0.15) is 0 Å². The summed E-state index contributed by atoms with van der Waals surface area (Å²) in [6.07, 6.45) is 0.394. The SMILES string of the molecule is CC(C)(C)OC(=O)c1ccc(Oc2cc3c(cc2Cl)C(C(=O)O)CCO3)cc1. The van der Waals surface area contributed by atoms with Crippen LogP contribution in [0.25, 0.3) is 0 Å². The van der Waals surface area contributed by atoms with Gasteiger partial charge in [-0.3, -0.25) is 4.79 Å². The van der Waals surface area contributed by atoms with E-state index in [4.69, 9.17) is 25.8 Å². The van der Waals surface area contributed by atoms with Gasteiger partial charge in [-0.15, -0.1) is 0 Å². The van der Waals surface area contributed by atoms with Gasteiger partial charge in [-0.25, -0.2) is 4.79 Å². The Kier molecular flexibility index (Phi) is 5.52. The summed E-state index contributed by atoms with van der Waals surface area (Å²) in [5, 5.41) is 9.64. The summed E-state index contributed by atoms with van der Waals surface area (Å²) in [4.78, 5) is 23.5. The van der Waals surface area contributed by atoms with E-state index in [-0.39, 0.29) is 5.02 Å². The van der Waals surface area contributed by atoms with Gasteiger partial charge in [-0.05, 0) is 57.5 Å². The number of hydrogen-bond donors (Lipinski definition) is 1. The van der Waals surface area contributed by atoms with Crippen molar-refractivity contribution in [2.24, 2.45) is 0 Å². The topological polar surface area (TPSA) is 82.1 Å². The number of ether oxygens (including phenoxy) is 3. The molecule has 1 N–H and O–H groups in total. The van der Waals surface area contributed by atoms with E-state index in [2.05, 4.69) is 0 Å². The Bertz CT molecular complexity index is 898. The monoisotopic (exact) mass is 404 g/mol. The van der Waals surface area contributed by atoms with Crippen molar-refractivity contribution in [3.8, 4) is 17.2 Å². The van der Waals surface area contributed by atoms with Gasteiger partial charge in [-0.1, -0.05) is 11.6 Å². The fraction of sp³-hybridized carbons (Fsp3) is 0.333. The van der Waals surface area contributed by atoms with Crippen LogP contribution in [0.5, 0.6) is 17.2 Å². The second-order valence-electron chi connectivity index (χ2n) is 7.48. The van der Waals surface area contributed by atoms with Crippen LogP contribution in [0.4, 0.5) is 0 Å². The summed E-state index contributed by atoms with van der Waals surface area (Å²) in [6, 6.07) is 9.64. The lowest BCUT2D eigenvalue weighted by Crippen LogP contribution is -2.23. The second-order valence-corrected chi connectivity index (χ2v) is 7.88. The maximum Gasteiger partial charge on any atom is 0.338 e. The molecule has 0 amide bonds. The lowest BCUT2D eigenvalue weighted by atomic mass is 9.93. The molecule has 1 unspecified atom stereocenters. The minimum Gasteiger partial charge on any atom is -0.493 e. The van der Waals surface area contributed by atoms with Crippen molar-refractivity contribution in [1.82, 2.24) is 0 Å². The van der Waals surface area contributed by atoms with Crippen LogP contribution >= 0.6 is 11.6 Å². The number of aliphatic carboxylic acids is 1. The highest BCUT2D eigenvalue weighted by molar-refractivity contribution is 6.32. The molecule has 0 aliphatic carbocycles. The molecular formula is C21H21ClO6. The lowest BCUT2D eigenvalue weighted by molar-refractivity contribution is -0.139. The van der Waals surface area contributed by atoms with E-state index in [9.17, 15) is 14.7 Å². The van der Waals surface area contributed by atoms with Crippen LogP contribution in [0, 0.1) is 0 Å². The van der Waals surface area contributed by atoms with Crippen molar-refractivity contribution in [3.63, 3.8) is 0 Å². The van der Waals surface area contributed by atoms with Crippen LogP contribution in [-0.2, 0) is 9.53 Å². The first kappa shape index (κ1) is 20.0. The number of carbonyl (C=O) groups is 2. The molecule has 0 saturated heterocycles. The number of carboxylic acids is 1. The third-order valence-corrected chi connectivity index (χ3v) is 4.41. The molecule has 148 valence electrons. The summed E-state index contributed by atoms with van der Waals surface area (Å²) in [6.45, 7) is 5.72. The standard InChI is InChI=1S/C21H21ClO6/c1-21(2,3)28-20(25)12-4-6-13(7-5-12)27-18-11-17-15(10-16(18)22)14(19(23)24)8-9-26-17/h4-7,10-11,14H,8-9H2,1-3H3,(H,23,24). The molecule has 1 aliphatic heterocycles. The molecular weight excluding hydrogens is 384 g/mol. The first-order chi connectivity index (χ1) is 13.1. The number of fused-ring (bicyclic) bond motifs is 1. The average molecular weight is 405 g/mol. The van der Waals surface area contributed by atoms with E-state index < -0.39 is 23.5 Å². The molecule has 0 bridgehead atoms. The normalized spacial score (nSPS) is 15.9. The number of rotatable bonds is 4. The number of carboxylic acid groups (broad SMARTS) is 1. The summed E-state index contributed by atoms with van der Waals surface area (Å²) in [5.74, 6) is -0.714. The Balaban J connectivity index is 1.79. The lowest BCUT2D eigenvalue weighted by Gasteiger charge is -2.24. The number of hydrogen-bond acceptors (Lipinski definition) is 5. The fourth-order valence-corrected chi connectivity index (χ4v) is 3.06. The van der Waals surface area contributed by atoms with Crippen LogP contribution < -0.4 is 9.47 Å². The van der Waals surface area contributed by atoms with Gasteiger partial charge in [0.2, 0.25) is 0 Å². The van der Waals surface area contributed by atoms with Crippen LogP contribution in [-0.4, -0.2) is 29.3 Å². The average Bonchev–Trinajstić information content (AvgIpc) is 2.61. The molecule has 7 heteroatoms. The van der Waals surface area contributed by atoms with E-state index in [0.29, 0.717) is 41.4 Å². The van der Waals surface area contributed by atoms with Crippen molar-refractivity contribution >= 4 is 23.5 Å². The molecule has 28 heavy (non-hydrogen) atoms. The first-order valence-electron chi connectivity index (χ1n) is 8.84. The van der Waals surface area contributed by atoms with Gasteiger partial charge in [0.25, 0.3) is 0 Å². The Morgan fingerprint density at radius 2 is 1.86 bits per heavy atom. The van der Waals surface area contributed by atoms with Crippen molar-refractivity contribution in [2.45, 2.75) is 38.7 Å². The minimum atomic E-state index is -0.910. The maximum absolute atomic E-state index is 12.1. The number of benzene rings is 2. The molecule has 0 spiro atoms. The highest BCUT2D eigenvalue weighted by atomic mass is 35.5. The Hall–Kier alpha value is -2.73. The van der Waals surface area contributed by atoms with E-state index in [1.165, 1.54) is 0 Å². The zero-order valence-electron chi connectivity index (χ0n) is 15.8. The largest absolute Gasteiger partial charge is 0.493 e. The van der Waals surface area contributed by atoms with Gasteiger partial charge in [0, 0.05) is 11.6 Å². The minimum absolute atomic E-state index is 0.284. The fourth-order valence-electron chi connectivity index (χ4n) is 2.85. The molecule has 0 aromatic heterocycles. The highest BCUT2D eigenvalue weighted by Gasteiger charge is 2.29. The molecule has 0 saturated carbocycles. The Labute approximate surface area is 168 Å². The third-order valence-electron chi connectivity index (χ3n) is 4.12. The van der Waals surface area contributed by atoms with Crippen LogP contribution in [0.1, 0.15) is 49.0 Å². The molecule has 1 atom stereocenters. The quantitative estimate of drug-likeness (QED) is 0.719. The van der Waals surface area contributed by atoms with E-state index in [1.807, 2.05) is 0 Å². The van der Waals surface area contributed by atoms with E-state index >= 15 is 0 Å². The molecule has 1 aliphatic rings. The highest BCUT2D eigenvalue weighted by Crippen LogP contribution is 2.41. The molecule has 2 aromatic carbocycles. The Morgan fingerprint density at radius 1 is 1.18 bits per heavy atom. The van der Waals surface area contributed by atoms with Crippen molar-refractivity contribution in [1.29, 1.82) is 0 Å². The molecule has 0 fully saturated rings. The molecule has 6 nitrogen and oxygen atoms in total. The third kappa shape index (κ3) is 4.57. The maximum atomic E-state index is 12.1. The number of esters is 1. The Morgan fingerprint density at radius 3 is 2.46 bits per heavy atom. The summed E-state index contributed by atoms with van der Waals surface area (Å²) in [7, 11) is 0. The predicted octanol–water partition coefficient (Wildman–Crippen LogP) is 5.04. The van der Waals surface area contributed by atoms with Crippen molar-refractivity contribution in [3.05, 3.63) is 52.5 Å². The summed E-state index contributed by atoms with van der Waals surface area (Å²) < 4.78 is 16.7. The molecule has 3 rings (SSSR count). The zero-order valence-corrected chi connectivity index (χ0v) is 16.6. The number of carbonyl (C=O) groups excluding carboxylic acids is 1. The summed E-state index contributed by atoms with van der Waals surface area (Å²) in [5.41, 5.74) is 0.374.